The molecule has 0 radical (unpaired) electrons. The maximum Gasteiger partial charge on any atom is 0.0872 e. The summed E-state index contributed by atoms with van der Waals surface area (Å²) in [6.45, 7) is 4.25. The van der Waals surface area contributed by atoms with Gasteiger partial charge in [0.05, 0.1) is 17.6 Å². The Morgan fingerprint density at radius 3 is 2.81 bits per heavy atom. The zero-order chi connectivity index (χ0) is 11.5. The van der Waals surface area contributed by atoms with E-state index in [0.717, 1.165) is 16.9 Å². The molecule has 0 saturated carbocycles. The molecule has 0 saturated heterocycles. The fourth-order valence-corrected chi connectivity index (χ4v) is 1.74. The Bertz CT molecular complexity index is 477. The Kier molecular flexibility index (Phi) is 3.25. The summed E-state index contributed by atoms with van der Waals surface area (Å²) in [5, 5.41) is 4.51. The van der Waals surface area contributed by atoms with Crippen LogP contribution in [0.4, 0.5) is 0 Å². The molecule has 4 heteroatoms. The molecule has 0 aromatic carbocycles. The zero-order valence-corrected chi connectivity index (χ0v) is 10.1. The van der Waals surface area contributed by atoms with Crippen molar-refractivity contribution >= 4 is 11.6 Å². The Balaban J connectivity index is 2.42. The lowest BCUT2D eigenvalue weighted by molar-refractivity contribution is 0.764. The molecule has 0 aliphatic carbocycles. The number of aromatic nitrogens is 3. The fraction of sp³-hybridized carbons (Fsp3) is 0.333. The molecule has 0 aliphatic heterocycles. The van der Waals surface area contributed by atoms with Crippen LogP contribution in [0.3, 0.4) is 0 Å². The van der Waals surface area contributed by atoms with E-state index in [4.69, 9.17) is 11.6 Å². The average Bonchev–Trinajstić information content (AvgIpc) is 2.78. The third-order valence-corrected chi connectivity index (χ3v) is 2.77. The van der Waals surface area contributed by atoms with Gasteiger partial charge in [-0.1, -0.05) is 13.8 Å². The van der Waals surface area contributed by atoms with Crippen LogP contribution in [0.5, 0.6) is 0 Å². The van der Waals surface area contributed by atoms with Crippen LogP contribution in [0.25, 0.3) is 5.69 Å². The molecular formula is C12H14ClN3. The molecule has 0 bridgehead atoms. The summed E-state index contributed by atoms with van der Waals surface area (Å²) in [7, 11) is 0. The highest BCUT2D eigenvalue weighted by Gasteiger charge is 2.07. The summed E-state index contributed by atoms with van der Waals surface area (Å²) in [4.78, 5) is 4.10. The van der Waals surface area contributed by atoms with Crippen LogP contribution in [0, 0.1) is 0 Å². The van der Waals surface area contributed by atoms with Gasteiger partial charge in [0, 0.05) is 18.3 Å². The summed E-state index contributed by atoms with van der Waals surface area (Å²) in [5.41, 5.74) is 3.06. The van der Waals surface area contributed by atoms with Gasteiger partial charge in [0.2, 0.25) is 0 Å². The number of pyridine rings is 1. The molecule has 0 amide bonds. The summed E-state index contributed by atoms with van der Waals surface area (Å²) >= 11 is 5.88. The number of halogens is 1. The third kappa shape index (κ3) is 2.09. The minimum absolute atomic E-state index is 0.428. The van der Waals surface area contributed by atoms with Crippen LogP contribution in [0.2, 0.25) is 0 Å². The lowest BCUT2D eigenvalue weighted by Crippen LogP contribution is -2.01. The molecule has 0 fully saturated rings. The monoisotopic (exact) mass is 235 g/mol. The van der Waals surface area contributed by atoms with E-state index in [2.05, 4.69) is 23.9 Å². The van der Waals surface area contributed by atoms with Gasteiger partial charge in [0.15, 0.2) is 0 Å². The Morgan fingerprint density at radius 2 is 2.19 bits per heavy atom. The summed E-state index contributed by atoms with van der Waals surface area (Å²) in [6.07, 6.45) is 5.48. The quantitative estimate of drug-likeness (QED) is 0.766. The first-order chi connectivity index (χ1) is 7.72. The molecule has 16 heavy (non-hydrogen) atoms. The predicted molar refractivity (Wildman–Crippen MR) is 65.0 cm³/mol. The second kappa shape index (κ2) is 4.66. The molecule has 0 N–H and O–H groups in total. The van der Waals surface area contributed by atoms with Crippen LogP contribution in [-0.2, 0) is 5.88 Å². The lowest BCUT2D eigenvalue weighted by Gasteiger charge is -2.06. The van der Waals surface area contributed by atoms with Crippen LogP contribution in [0.15, 0.2) is 30.7 Å². The van der Waals surface area contributed by atoms with Gasteiger partial charge in [-0.2, -0.15) is 5.10 Å². The van der Waals surface area contributed by atoms with E-state index in [1.54, 1.807) is 12.4 Å². The average molecular weight is 236 g/mol. The second-order valence-electron chi connectivity index (χ2n) is 3.98. The fourth-order valence-electron chi connectivity index (χ4n) is 1.51. The van der Waals surface area contributed by atoms with Crippen LogP contribution in [-0.4, -0.2) is 14.8 Å². The van der Waals surface area contributed by atoms with E-state index in [9.17, 15) is 0 Å². The number of hydrogen-bond acceptors (Lipinski definition) is 2. The smallest absolute Gasteiger partial charge is 0.0872 e. The van der Waals surface area contributed by atoms with E-state index >= 15 is 0 Å². The van der Waals surface area contributed by atoms with Gasteiger partial charge >= 0.3 is 0 Å². The molecule has 0 spiro atoms. The Labute approximate surface area is 100 Å². The zero-order valence-electron chi connectivity index (χ0n) is 9.39. The van der Waals surface area contributed by atoms with E-state index in [-0.39, 0.29) is 0 Å². The topological polar surface area (TPSA) is 30.7 Å². The van der Waals surface area contributed by atoms with Gasteiger partial charge in [-0.05, 0) is 23.6 Å². The molecule has 84 valence electrons. The first-order valence-corrected chi connectivity index (χ1v) is 5.80. The van der Waals surface area contributed by atoms with Crippen molar-refractivity contribution in [3.8, 4) is 5.69 Å². The van der Waals surface area contributed by atoms with Gasteiger partial charge in [-0.25, -0.2) is 4.68 Å². The first kappa shape index (κ1) is 11.1. The predicted octanol–water partition coefficient (Wildman–Crippen LogP) is 3.13. The number of nitrogens with zero attached hydrogens (tertiary/aromatic N) is 3. The van der Waals surface area contributed by atoms with Gasteiger partial charge in [-0.15, -0.1) is 11.6 Å². The summed E-state index contributed by atoms with van der Waals surface area (Å²) in [5.74, 6) is 0.895. The van der Waals surface area contributed by atoms with Crippen molar-refractivity contribution in [1.29, 1.82) is 0 Å². The highest BCUT2D eigenvalue weighted by molar-refractivity contribution is 6.17. The van der Waals surface area contributed by atoms with E-state index in [1.807, 2.05) is 23.0 Å². The van der Waals surface area contributed by atoms with Crippen molar-refractivity contribution in [2.45, 2.75) is 25.6 Å². The Morgan fingerprint density at radius 1 is 1.38 bits per heavy atom. The molecule has 2 aromatic rings. The van der Waals surface area contributed by atoms with Crippen molar-refractivity contribution in [3.05, 3.63) is 42.0 Å². The minimum Gasteiger partial charge on any atom is -0.262 e. The SMILES string of the molecule is CC(C)c1ccn(-c2cnccc2CCl)n1. The highest BCUT2D eigenvalue weighted by atomic mass is 35.5. The molecule has 0 unspecified atom stereocenters. The molecule has 2 aromatic heterocycles. The lowest BCUT2D eigenvalue weighted by atomic mass is 10.1. The molecule has 2 rings (SSSR count). The first-order valence-electron chi connectivity index (χ1n) is 5.27. The maximum atomic E-state index is 5.88. The normalized spacial score (nSPS) is 11.0. The van der Waals surface area contributed by atoms with Crippen LogP contribution < -0.4 is 0 Å². The van der Waals surface area contributed by atoms with Crippen molar-refractivity contribution in [2.24, 2.45) is 0 Å². The van der Waals surface area contributed by atoms with E-state index in [1.165, 1.54) is 0 Å². The highest BCUT2D eigenvalue weighted by Crippen LogP contribution is 2.17. The number of hydrogen-bond donors (Lipinski definition) is 0. The largest absolute Gasteiger partial charge is 0.262 e. The molecule has 2 heterocycles. The number of rotatable bonds is 3. The van der Waals surface area contributed by atoms with Gasteiger partial charge in [0.25, 0.3) is 0 Å². The van der Waals surface area contributed by atoms with Crippen molar-refractivity contribution < 1.29 is 0 Å². The minimum atomic E-state index is 0.428. The van der Waals surface area contributed by atoms with Crippen LogP contribution in [0.1, 0.15) is 31.0 Å². The van der Waals surface area contributed by atoms with Gasteiger partial charge in [0.1, 0.15) is 0 Å². The van der Waals surface area contributed by atoms with E-state index in [0.29, 0.717) is 11.8 Å². The number of alkyl halides is 1. The Hall–Kier alpha value is -1.35. The van der Waals surface area contributed by atoms with Gasteiger partial charge < -0.3 is 0 Å². The maximum absolute atomic E-state index is 5.88. The van der Waals surface area contributed by atoms with Crippen molar-refractivity contribution in [2.75, 3.05) is 0 Å². The summed E-state index contributed by atoms with van der Waals surface area (Å²) < 4.78 is 1.83. The van der Waals surface area contributed by atoms with Crippen molar-refractivity contribution in [3.63, 3.8) is 0 Å². The molecule has 3 nitrogen and oxygen atoms in total. The standard InChI is InChI=1S/C12H14ClN3/c1-9(2)11-4-6-16(15-11)12-8-14-5-3-10(12)7-13/h3-6,8-9H,7H2,1-2H3. The molecular weight excluding hydrogens is 222 g/mol. The molecule has 0 aliphatic rings. The van der Waals surface area contributed by atoms with Gasteiger partial charge in [-0.3, -0.25) is 4.98 Å². The third-order valence-electron chi connectivity index (χ3n) is 2.48. The second-order valence-corrected chi connectivity index (χ2v) is 4.25. The van der Waals surface area contributed by atoms with Crippen LogP contribution >= 0.6 is 11.6 Å². The van der Waals surface area contributed by atoms with Crippen molar-refractivity contribution in [1.82, 2.24) is 14.8 Å². The summed E-state index contributed by atoms with van der Waals surface area (Å²) in [6, 6.07) is 3.94. The molecule has 0 atom stereocenters. The van der Waals surface area contributed by atoms with E-state index < -0.39 is 0 Å².